The third-order valence-corrected chi connectivity index (χ3v) is 3.48. The minimum atomic E-state index is -0.946. The number of amides is 2. The first-order valence-corrected chi connectivity index (χ1v) is 6.69. The molecule has 0 atom stereocenters. The maximum atomic E-state index is 12.2. The molecule has 0 aromatic carbocycles. The van der Waals surface area contributed by atoms with Gasteiger partial charge in [0.25, 0.3) is 0 Å². The lowest BCUT2D eigenvalue weighted by Gasteiger charge is -2.36. The standard InChI is InChI=1S/C13H20N2O4/c16-12(17)10-19-11-4-8-15(9-5-11)13(18)14-6-2-1-3-7-14/h1-2,11H,3-10H2,(H,16,17). The molecule has 1 saturated heterocycles. The number of carboxylic acids is 1. The second-order valence-electron chi connectivity index (χ2n) is 4.88. The molecular formula is C13H20N2O4. The van der Waals surface area contributed by atoms with E-state index in [2.05, 4.69) is 6.08 Å². The van der Waals surface area contributed by atoms with Crippen molar-refractivity contribution in [3.05, 3.63) is 12.2 Å². The summed E-state index contributed by atoms with van der Waals surface area (Å²) in [4.78, 5) is 26.3. The number of carbonyl (C=O) groups is 2. The molecule has 2 heterocycles. The molecule has 0 aromatic heterocycles. The molecule has 0 radical (unpaired) electrons. The molecule has 1 N–H and O–H groups in total. The molecule has 106 valence electrons. The van der Waals surface area contributed by atoms with Crippen LogP contribution >= 0.6 is 0 Å². The number of piperidine rings is 1. The Morgan fingerprint density at radius 3 is 2.47 bits per heavy atom. The van der Waals surface area contributed by atoms with Crippen LogP contribution < -0.4 is 0 Å². The third kappa shape index (κ3) is 3.96. The van der Waals surface area contributed by atoms with Gasteiger partial charge in [0.15, 0.2) is 0 Å². The highest BCUT2D eigenvalue weighted by Gasteiger charge is 2.26. The number of rotatable bonds is 3. The van der Waals surface area contributed by atoms with E-state index in [0.29, 0.717) is 32.5 Å². The van der Waals surface area contributed by atoms with E-state index in [4.69, 9.17) is 9.84 Å². The lowest BCUT2D eigenvalue weighted by atomic mass is 10.1. The Morgan fingerprint density at radius 2 is 1.89 bits per heavy atom. The zero-order valence-corrected chi connectivity index (χ0v) is 11.0. The first-order valence-electron chi connectivity index (χ1n) is 6.69. The summed E-state index contributed by atoms with van der Waals surface area (Å²) in [7, 11) is 0. The minimum Gasteiger partial charge on any atom is -0.480 e. The van der Waals surface area contributed by atoms with Gasteiger partial charge in [0.05, 0.1) is 6.10 Å². The predicted molar refractivity (Wildman–Crippen MR) is 68.9 cm³/mol. The SMILES string of the molecule is O=C(O)COC1CCN(C(=O)N2CC=CCC2)CC1. The van der Waals surface area contributed by atoms with Gasteiger partial charge in [0, 0.05) is 26.2 Å². The molecule has 19 heavy (non-hydrogen) atoms. The quantitative estimate of drug-likeness (QED) is 0.773. The topological polar surface area (TPSA) is 70.1 Å². The van der Waals surface area contributed by atoms with Gasteiger partial charge in [-0.3, -0.25) is 0 Å². The predicted octanol–water partition coefficient (Wildman–Crippen LogP) is 0.934. The molecule has 6 nitrogen and oxygen atoms in total. The Kier molecular flexibility index (Phi) is 4.79. The van der Waals surface area contributed by atoms with Gasteiger partial charge in [-0.05, 0) is 19.3 Å². The first-order chi connectivity index (χ1) is 9.16. The van der Waals surface area contributed by atoms with Gasteiger partial charge in [0.2, 0.25) is 0 Å². The lowest BCUT2D eigenvalue weighted by molar-refractivity contribution is -0.145. The molecule has 1 fully saturated rings. The van der Waals surface area contributed by atoms with E-state index in [1.807, 2.05) is 15.9 Å². The fourth-order valence-corrected chi connectivity index (χ4v) is 2.42. The molecule has 0 spiro atoms. The Hall–Kier alpha value is -1.56. The number of carbonyl (C=O) groups excluding carboxylic acids is 1. The van der Waals surface area contributed by atoms with Crippen molar-refractivity contribution in [3.63, 3.8) is 0 Å². The van der Waals surface area contributed by atoms with E-state index in [1.54, 1.807) is 0 Å². The van der Waals surface area contributed by atoms with E-state index >= 15 is 0 Å². The van der Waals surface area contributed by atoms with Crippen LogP contribution in [0.1, 0.15) is 19.3 Å². The van der Waals surface area contributed by atoms with Crippen LogP contribution in [0.4, 0.5) is 4.79 Å². The van der Waals surface area contributed by atoms with Gasteiger partial charge in [-0.1, -0.05) is 12.2 Å². The second kappa shape index (κ2) is 6.56. The first kappa shape index (κ1) is 13.9. The van der Waals surface area contributed by atoms with Crippen LogP contribution in [0.2, 0.25) is 0 Å². The van der Waals surface area contributed by atoms with Crippen molar-refractivity contribution in [1.82, 2.24) is 9.80 Å². The maximum Gasteiger partial charge on any atom is 0.329 e. The summed E-state index contributed by atoms with van der Waals surface area (Å²) >= 11 is 0. The largest absolute Gasteiger partial charge is 0.480 e. The van der Waals surface area contributed by atoms with Crippen LogP contribution in [-0.4, -0.2) is 65.8 Å². The number of ether oxygens (including phenoxy) is 1. The van der Waals surface area contributed by atoms with Crippen molar-refractivity contribution in [2.45, 2.75) is 25.4 Å². The fourth-order valence-electron chi connectivity index (χ4n) is 2.42. The zero-order valence-electron chi connectivity index (χ0n) is 11.0. The highest BCUT2D eigenvalue weighted by Crippen LogP contribution is 2.16. The maximum absolute atomic E-state index is 12.2. The molecule has 0 aliphatic carbocycles. The molecule has 0 aromatic rings. The van der Waals surface area contributed by atoms with Crippen molar-refractivity contribution < 1.29 is 19.4 Å². The zero-order chi connectivity index (χ0) is 13.7. The van der Waals surface area contributed by atoms with Crippen LogP contribution in [0.3, 0.4) is 0 Å². The number of hydrogen-bond acceptors (Lipinski definition) is 3. The van der Waals surface area contributed by atoms with Gasteiger partial charge in [-0.25, -0.2) is 9.59 Å². The fraction of sp³-hybridized carbons (Fsp3) is 0.692. The summed E-state index contributed by atoms with van der Waals surface area (Å²) in [5.41, 5.74) is 0. The number of likely N-dealkylation sites (tertiary alicyclic amines) is 1. The van der Waals surface area contributed by atoms with Crippen molar-refractivity contribution in [2.24, 2.45) is 0 Å². The Morgan fingerprint density at radius 1 is 1.16 bits per heavy atom. The van der Waals surface area contributed by atoms with Gasteiger partial charge >= 0.3 is 12.0 Å². The number of urea groups is 1. The second-order valence-corrected chi connectivity index (χ2v) is 4.88. The number of nitrogens with zero attached hydrogens (tertiary/aromatic N) is 2. The van der Waals surface area contributed by atoms with Gasteiger partial charge in [-0.2, -0.15) is 0 Å². The van der Waals surface area contributed by atoms with E-state index in [-0.39, 0.29) is 18.7 Å². The van der Waals surface area contributed by atoms with Crippen molar-refractivity contribution in [3.8, 4) is 0 Å². The average Bonchev–Trinajstić information content (AvgIpc) is 2.46. The third-order valence-electron chi connectivity index (χ3n) is 3.48. The number of hydrogen-bond donors (Lipinski definition) is 1. The van der Waals surface area contributed by atoms with Gasteiger partial charge < -0.3 is 19.6 Å². The highest BCUT2D eigenvalue weighted by atomic mass is 16.5. The van der Waals surface area contributed by atoms with E-state index in [1.165, 1.54) is 0 Å². The average molecular weight is 268 g/mol. The van der Waals surface area contributed by atoms with Crippen LogP contribution in [0.25, 0.3) is 0 Å². The van der Waals surface area contributed by atoms with E-state index < -0.39 is 5.97 Å². The van der Waals surface area contributed by atoms with Crippen LogP contribution in [0.15, 0.2) is 12.2 Å². The molecule has 0 unspecified atom stereocenters. The van der Waals surface area contributed by atoms with Crippen molar-refractivity contribution >= 4 is 12.0 Å². The summed E-state index contributed by atoms with van der Waals surface area (Å²) in [6.07, 6.45) is 6.41. The summed E-state index contributed by atoms with van der Waals surface area (Å²) in [6.45, 7) is 2.50. The summed E-state index contributed by atoms with van der Waals surface area (Å²) in [5.74, 6) is -0.946. The summed E-state index contributed by atoms with van der Waals surface area (Å²) < 4.78 is 5.26. The molecule has 0 bridgehead atoms. The van der Waals surface area contributed by atoms with E-state index in [0.717, 1.165) is 13.0 Å². The molecule has 2 rings (SSSR count). The van der Waals surface area contributed by atoms with Crippen LogP contribution in [0, 0.1) is 0 Å². The minimum absolute atomic E-state index is 0.0404. The number of aliphatic carboxylic acids is 1. The normalized spacial score (nSPS) is 20.6. The summed E-state index contributed by atoms with van der Waals surface area (Å²) in [5, 5.41) is 8.55. The van der Waals surface area contributed by atoms with Crippen LogP contribution in [0.5, 0.6) is 0 Å². The van der Waals surface area contributed by atoms with Gasteiger partial charge in [-0.15, -0.1) is 0 Å². The van der Waals surface area contributed by atoms with Crippen LogP contribution in [-0.2, 0) is 9.53 Å². The van der Waals surface area contributed by atoms with Gasteiger partial charge in [0.1, 0.15) is 6.61 Å². The monoisotopic (exact) mass is 268 g/mol. The molecule has 2 aliphatic heterocycles. The lowest BCUT2D eigenvalue weighted by Crippen LogP contribution is -2.48. The Balaban J connectivity index is 1.74. The molecule has 2 amide bonds. The molecule has 0 saturated carbocycles. The van der Waals surface area contributed by atoms with Crippen molar-refractivity contribution in [1.29, 1.82) is 0 Å². The summed E-state index contributed by atoms with van der Waals surface area (Å²) in [6, 6.07) is 0.0843. The molecular weight excluding hydrogens is 248 g/mol. The van der Waals surface area contributed by atoms with E-state index in [9.17, 15) is 9.59 Å². The Labute approximate surface area is 112 Å². The molecule has 2 aliphatic rings. The molecule has 6 heteroatoms. The van der Waals surface area contributed by atoms with Crippen molar-refractivity contribution in [2.75, 3.05) is 32.8 Å². The smallest absolute Gasteiger partial charge is 0.329 e. The highest BCUT2D eigenvalue weighted by molar-refractivity contribution is 5.75. The number of carboxylic acid groups (broad SMARTS) is 1. The Bertz CT molecular complexity index is 362.